The largest absolute Gasteiger partial charge is 0.360 e. The van der Waals surface area contributed by atoms with Gasteiger partial charge in [-0.05, 0) is 25.1 Å². The first-order valence-corrected chi connectivity index (χ1v) is 9.29. The van der Waals surface area contributed by atoms with Gasteiger partial charge >= 0.3 is 0 Å². The van der Waals surface area contributed by atoms with Gasteiger partial charge in [-0.25, -0.2) is 0 Å². The number of benzene rings is 2. The van der Waals surface area contributed by atoms with Gasteiger partial charge in [0.2, 0.25) is 0 Å². The molecule has 0 amide bonds. The van der Waals surface area contributed by atoms with Crippen molar-refractivity contribution in [3.8, 4) is 5.69 Å². The van der Waals surface area contributed by atoms with Crippen molar-refractivity contribution in [1.29, 1.82) is 0 Å². The topological polar surface area (TPSA) is 85.7 Å². The molecule has 2 heterocycles. The summed E-state index contributed by atoms with van der Waals surface area (Å²) in [5.41, 5.74) is 1.23. The SMILES string of the molecule is Cc1nn(-c2cc(N3CC[NH+](C)CC3)ccc2[N+](=O)[O-])c(=O)c2ccccc12. The fourth-order valence-corrected chi connectivity index (χ4v) is 3.69. The van der Waals surface area contributed by atoms with E-state index < -0.39 is 4.92 Å². The number of hydrogen-bond donors (Lipinski definition) is 1. The van der Waals surface area contributed by atoms with Crippen LogP contribution in [0, 0.1) is 17.0 Å². The molecule has 0 saturated carbocycles. The number of quaternary nitrogens is 1. The highest BCUT2D eigenvalue weighted by molar-refractivity contribution is 5.83. The Morgan fingerprint density at radius 3 is 2.46 bits per heavy atom. The number of piperazine rings is 1. The Balaban J connectivity index is 1.90. The summed E-state index contributed by atoms with van der Waals surface area (Å²) in [6, 6.07) is 12.1. The molecule has 1 aliphatic rings. The number of nitro groups is 1. The van der Waals surface area contributed by atoms with Crippen molar-refractivity contribution in [2.45, 2.75) is 6.92 Å². The van der Waals surface area contributed by atoms with Gasteiger partial charge in [-0.15, -0.1) is 0 Å². The first-order valence-electron chi connectivity index (χ1n) is 9.29. The van der Waals surface area contributed by atoms with Crippen LogP contribution in [0.2, 0.25) is 0 Å². The second kappa shape index (κ2) is 7.05. The molecule has 1 aliphatic heterocycles. The average Bonchev–Trinajstić information content (AvgIpc) is 2.71. The van der Waals surface area contributed by atoms with E-state index in [1.165, 1.54) is 15.6 Å². The summed E-state index contributed by atoms with van der Waals surface area (Å²) in [7, 11) is 2.15. The number of fused-ring (bicyclic) bond motifs is 1. The maximum Gasteiger partial charge on any atom is 0.295 e. The molecule has 0 radical (unpaired) electrons. The predicted molar refractivity (Wildman–Crippen MR) is 108 cm³/mol. The molecule has 1 aromatic heterocycles. The first kappa shape index (κ1) is 18.1. The van der Waals surface area contributed by atoms with Gasteiger partial charge in [0.15, 0.2) is 0 Å². The Morgan fingerprint density at radius 2 is 1.79 bits per heavy atom. The van der Waals surface area contributed by atoms with E-state index in [9.17, 15) is 14.9 Å². The lowest BCUT2D eigenvalue weighted by Crippen LogP contribution is -3.12. The van der Waals surface area contributed by atoms with E-state index in [1.807, 2.05) is 12.1 Å². The molecule has 8 nitrogen and oxygen atoms in total. The lowest BCUT2D eigenvalue weighted by atomic mass is 10.1. The van der Waals surface area contributed by atoms with Crippen molar-refractivity contribution in [3.05, 3.63) is 68.6 Å². The molecule has 1 N–H and O–H groups in total. The number of nitrogens with zero attached hydrogens (tertiary/aromatic N) is 4. The number of hydrogen-bond acceptors (Lipinski definition) is 5. The Hall–Kier alpha value is -3.26. The van der Waals surface area contributed by atoms with Gasteiger partial charge in [0.25, 0.3) is 11.2 Å². The van der Waals surface area contributed by atoms with Gasteiger partial charge in [-0.1, -0.05) is 18.2 Å². The molecule has 0 bridgehead atoms. The molecule has 8 heteroatoms. The molecule has 3 aromatic rings. The number of nitro benzene ring substituents is 1. The number of nitrogens with one attached hydrogen (secondary N) is 1. The molecule has 28 heavy (non-hydrogen) atoms. The van der Waals surface area contributed by atoms with Crippen LogP contribution in [-0.4, -0.2) is 47.9 Å². The van der Waals surface area contributed by atoms with Gasteiger partial charge in [-0.3, -0.25) is 14.9 Å². The first-order chi connectivity index (χ1) is 13.5. The Kier molecular flexibility index (Phi) is 4.56. The maximum atomic E-state index is 13.0. The normalized spacial score (nSPS) is 15.1. The molecule has 0 unspecified atom stereocenters. The average molecular weight is 380 g/mol. The fraction of sp³-hybridized carbons (Fsp3) is 0.300. The third-order valence-corrected chi connectivity index (χ3v) is 5.36. The molecule has 0 aliphatic carbocycles. The highest BCUT2D eigenvalue weighted by Crippen LogP contribution is 2.28. The minimum Gasteiger partial charge on any atom is -0.360 e. The number of rotatable bonds is 3. The van der Waals surface area contributed by atoms with Crippen LogP contribution < -0.4 is 15.4 Å². The summed E-state index contributed by atoms with van der Waals surface area (Å²) < 4.78 is 1.17. The van der Waals surface area contributed by atoms with Crippen molar-refractivity contribution in [2.24, 2.45) is 0 Å². The number of anilines is 1. The van der Waals surface area contributed by atoms with Gasteiger partial charge in [0.05, 0.1) is 49.2 Å². The highest BCUT2D eigenvalue weighted by Gasteiger charge is 2.23. The molecule has 0 spiro atoms. The van der Waals surface area contributed by atoms with Crippen LogP contribution in [0.25, 0.3) is 16.5 Å². The quantitative estimate of drug-likeness (QED) is 0.540. The smallest absolute Gasteiger partial charge is 0.295 e. The zero-order valence-electron chi connectivity index (χ0n) is 15.9. The number of aryl methyl sites for hydroxylation is 1. The van der Waals surface area contributed by atoms with E-state index in [2.05, 4.69) is 17.0 Å². The van der Waals surface area contributed by atoms with Gasteiger partial charge < -0.3 is 9.80 Å². The summed E-state index contributed by atoms with van der Waals surface area (Å²) in [6.45, 7) is 5.53. The van der Waals surface area contributed by atoms with Crippen LogP contribution in [-0.2, 0) is 0 Å². The number of aromatic nitrogens is 2. The van der Waals surface area contributed by atoms with Crippen LogP contribution in [0.15, 0.2) is 47.3 Å². The molecule has 144 valence electrons. The van der Waals surface area contributed by atoms with Crippen molar-refractivity contribution < 1.29 is 9.82 Å². The standard InChI is InChI=1S/C20H21N5O3/c1-14-16-5-3-4-6-17(16)20(26)24(21-14)19-13-15(7-8-18(19)25(27)28)23-11-9-22(2)10-12-23/h3-8,13H,9-12H2,1-2H3/p+1. The second-order valence-electron chi connectivity index (χ2n) is 7.22. The molecular formula is C20H22N5O3+. The zero-order valence-corrected chi connectivity index (χ0v) is 15.9. The van der Waals surface area contributed by atoms with E-state index >= 15 is 0 Å². The zero-order chi connectivity index (χ0) is 19.8. The predicted octanol–water partition coefficient (Wildman–Crippen LogP) is 0.937. The van der Waals surface area contributed by atoms with Gasteiger partial charge in [-0.2, -0.15) is 9.78 Å². The van der Waals surface area contributed by atoms with Crippen LogP contribution >= 0.6 is 0 Å². The number of likely N-dealkylation sites (N-methyl/N-ethyl adjacent to an activating group) is 1. The third kappa shape index (κ3) is 3.11. The van der Waals surface area contributed by atoms with Gasteiger partial charge in [0.1, 0.15) is 5.69 Å². The lowest BCUT2D eigenvalue weighted by Gasteiger charge is -2.31. The third-order valence-electron chi connectivity index (χ3n) is 5.36. The van der Waals surface area contributed by atoms with Crippen LogP contribution in [0.3, 0.4) is 0 Å². The Morgan fingerprint density at radius 1 is 1.11 bits per heavy atom. The Bertz CT molecular complexity index is 1120. The monoisotopic (exact) mass is 380 g/mol. The van der Waals surface area contributed by atoms with Crippen molar-refractivity contribution in [3.63, 3.8) is 0 Å². The summed E-state index contributed by atoms with van der Waals surface area (Å²) >= 11 is 0. The maximum absolute atomic E-state index is 13.0. The lowest BCUT2D eigenvalue weighted by molar-refractivity contribution is -0.880. The van der Waals surface area contributed by atoms with E-state index in [-0.39, 0.29) is 16.9 Å². The van der Waals surface area contributed by atoms with Crippen LogP contribution in [0.4, 0.5) is 11.4 Å². The molecule has 1 fully saturated rings. The highest BCUT2D eigenvalue weighted by atomic mass is 16.6. The molecule has 4 rings (SSSR count). The second-order valence-corrected chi connectivity index (χ2v) is 7.22. The summed E-state index contributed by atoms with van der Waals surface area (Å²) in [5, 5.41) is 17.3. The van der Waals surface area contributed by atoms with Crippen molar-refractivity contribution in [1.82, 2.24) is 9.78 Å². The minimum absolute atomic E-state index is 0.132. The van der Waals surface area contributed by atoms with Crippen LogP contribution in [0.5, 0.6) is 0 Å². The fourth-order valence-electron chi connectivity index (χ4n) is 3.69. The van der Waals surface area contributed by atoms with E-state index in [4.69, 9.17) is 0 Å². The van der Waals surface area contributed by atoms with E-state index in [0.29, 0.717) is 11.1 Å². The van der Waals surface area contributed by atoms with E-state index in [0.717, 1.165) is 37.3 Å². The van der Waals surface area contributed by atoms with E-state index in [1.54, 1.807) is 31.2 Å². The Labute approximate surface area is 161 Å². The molecule has 1 saturated heterocycles. The molecule has 2 aromatic carbocycles. The van der Waals surface area contributed by atoms with Crippen molar-refractivity contribution in [2.75, 3.05) is 38.1 Å². The summed E-state index contributed by atoms with van der Waals surface area (Å²) in [5.74, 6) is 0. The summed E-state index contributed by atoms with van der Waals surface area (Å²) in [4.78, 5) is 27.9. The van der Waals surface area contributed by atoms with Crippen molar-refractivity contribution >= 4 is 22.1 Å². The molecule has 0 atom stereocenters. The summed E-state index contributed by atoms with van der Waals surface area (Å²) in [6.07, 6.45) is 0. The molecular weight excluding hydrogens is 358 g/mol. The van der Waals surface area contributed by atoms with Gasteiger partial charge in [0, 0.05) is 17.1 Å². The minimum atomic E-state index is -0.466. The van der Waals surface area contributed by atoms with Crippen LogP contribution in [0.1, 0.15) is 5.69 Å².